The number of likely N-dealkylation sites (tertiary alicyclic amines) is 1. The SMILES string of the molecule is CC(C)c1nc(CN(C)C(=O)N2C[C@H](N3CCOCC3)C[C@H]2C(=O)C[C@@H](CC[C@@H](Cc2ccccc2)NC(=O)OCc2cncs2)Cc2ccccc2)cs1. The van der Waals surface area contributed by atoms with Gasteiger partial charge < -0.3 is 24.6 Å². The summed E-state index contributed by atoms with van der Waals surface area (Å²) >= 11 is 3.06. The van der Waals surface area contributed by atoms with Gasteiger partial charge in [-0.15, -0.1) is 22.7 Å². The zero-order valence-corrected chi connectivity index (χ0v) is 33.8. The number of nitrogens with zero attached hydrogens (tertiary/aromatic N) is 5. The van der Waals surface area contributed by atoms with Crippen molar-refractivity contribution in [3.05, 3.63) is 104 Å². The molecule has 0 saturated carbocycles. The summed E-state index contributed by atoms with van der Waals surface area (Å²) in [6, 6.07) is 19.6. The third-order valence-corrected chi connectivity index (χ3v) is 12.5. The van der Waals surface area contributed by atoms with E-state index in [1.807, 2.05) is 46.7 Å². The van der Waals surface area contributed by atoms with Gasteiger partial charge in [-0.1, -0.05) is 74.5 Å². The van der Waals surface area contributed by atoms with Crippen LogP contribution in [0.3, 0.4) is 0 Å². The average Bonchev–Trinajstić information content (AvgIpc) is 3.99. The molecule has 11 nitrogen and oxygen atoms in total. The van der Waals surface area contributed by atoms with Gasteiger partial charge in [0.1, 0.15) is 6.61 Å². The fourth-order valence-corrected chi connectivity index (χ4v) is 8.92. The first-order valence-electron chi connectivity index (χ1n) is 19.4. The number of hydrogen-bond acceptors (Lipinski definition) is 10. The quantitative estimate of drug-likeness (QED) is 0.120. The van der Waals surface area contributed by atoms with Crippen LogP contribution in [0, 0.1) is 5.92 Å². The van der Waals surface area contributed by atoms with E-state index in [0.29, 0.717) is 64.3 Å². The summed E-state index contributed by atoms with van der Waals surface area (Å²) < 4.78 is 11.2. The first kappa shape index (κ1) is 40.5. The summed E-state index contributed by atoms with van der Waals surface area (Å²) in [6.07, 6.45) is 4.90. The smallest absolute Gasteiger partial charge is 0.407 e. The highest BCUT2D eigenvalue weighted by molar-refractivity contribution is 7.09. The Balaban J connectivity index is 1.17. The Morgan fingerprint density at radius 2 is 1.69 bits per heavy atom. The fourth-order valence-electron chi connectivity index (χ4n) is 7.59. The van der Waals surface area contributed by atoms with Crippen LogP contribution < -0.4 is 5.32 Å². The van der Waals surface area contributed by atoms with Gasteiger partial charge in [-0.25, -0.2) is 14.6 Å². The topological polar surface area (TPSA) is 117 Å². The van der Waals surface area contributed by atoms with Crippen molar-refractivity contribution >= 4 is 40.6 Å². The van der Waals surface area contributed by atoms with Gasteiger partial charge in [0, 0.05) is 62.7 Å². The molecule has 2 aromatic heterocycles. The number of aromatic nitrogens is 2. The van der Waals surface area contributed by atoms with Crippen LogP contribution in [0.2, 0.25) is 0 Å². The van der Waals surface area contributed by atoms with Crippen LogP contribution in [-0.4, -0.2) is 101 Å². The first-order chi connectivity index (χ1) is 26.7. The molecule has 13 heteroatoms. The fraction of sp³-hybridized carbons (Fsp3) is 0.500. The highest BCUT2D eigenvalue weighted by Crippen LogP contribution is 2.30. The minimum Gasteiger partial charge on any atom is -0.444 e. The first-order valence-corrected chi connectivity index (χ1v) is 21.2. The van der Waals surface area contributed by atoms with Gasteiger partial charge in [0.25, 0.3) is 0 Å². The number of Topliss-reactive ketones (excluding diaryl/α,β-unsaturated/α-hetero) is 1. The molecule has 0 spiro atoms. The molecule has 6 rings (SSSR count). The molecular formula is C42H54N6O5S2. The van der Waals surface area contributed by atoms with Crippen molar-refractivity contribution in [2.24, 2.45) is 5.92 Å². The number of morpholine rings is 1. The molecule has 0 radical (unpaired) electrons. The molecule has 0 bridgehead atoms. The molecule has 1 N–H and O–H groups in total. The molecule has 2 saturated heterocycles. The lowest BCUT2D eigenvalue weighted by molar-refractivity contribution is -0.123. The highest BCUT2D eigenvalue weighted by atomic mass is 32.1. The number of amides is 3. The number of benzene rings is 2. The zero-order chi connectivity index (χ0) is 38.6. The van der Waals surface area contributed by atoms with Crippen molar-refractivity contribution in [3.8, 4) is 0 Å². The van der Waals surface area contributed by atoms with Gasteiger partial charge in [0.2, 0.25) is 0 Å². The predicted molar refractivity (Wildman–Crippen MR) is 216 cm³/mol. The molecular weight excluding hydrogens is 733 g/mol. The van der Waals surface area contributed by atoms with E-state index in [4.69, 9.17) is 14.5 Å². The zero-order valence-electron chi connectivity index (χ0n) is 32.2. The molecule has 2 aliphatic rings. The molecule has 0 aliphatic carbocycles. The summed E-state index contributed by atoms with van der Waals surface area (Å²) in [5.74, 6) is 0.418. The van der Waals surface area contributed by atoms with E-state index in [0.717, 1.165) is 46.2 Å². The number of urea groups is 1. The number of rotatable bonds is 17. The summed E-state index contributed by atoms with van der Waals surface area (Å²) in [6.45, 7) is 8.19. The maximum absolute atomic E-state index is 14.6. The minimum absolute atomic E-state index is 0.00441. The van der Waals surface area contributed by atoms with Crippen LogP contribution in [-0.2, 0) is 40.3 Å². The number of hydrogen-bond donors (Lipinski definition) is 1. The van der Waals surface area contributed by atoms with Gasteiger partial charge in [0.05, 0.1) is 46.9 Å². The van der Waals surface area contributed by atoms with Crippen molar-refractivity contribution in [1.29, 1.82) is 0 Å². The van der Waals surface area contributed by atoms with E-state index >= 15 is 0 Å². The van der Waals surface area contributed by atoms with Gasteiger partial charge in [-0.2, -0.15) is 0 Å². The maximum atomic E-state index is 14.6. The third kappa shape index (κ3) is 11.9. The second-order valence-electron chi connectivity index (χ2n) is 15.1. The second kappa shape index (κ2) is 20.1. The van der Waals surface area contributed by atoms with E-state index in [-0.39, 0.29) is 36.4 Å². The number of nitrogens with one attached hydrogen (secondary N) is 1. The maximum Gasteiger partial charge on any atom is 0.407 e. The highest BCUT2D eigenvalue weighted by Gasteiger charge is 2.43. The summed E-state index contributed by atoms with van der Waals surface area (Å²) in [5.41, 5.74) is 4.86. The Hall–Kier alpha value is -4.17. The number of thiazole rings is 2. The number of carbonyl (C=O) groups excluding carboxylic acids is 3. The summed E-state index contributed by atoms with van der Waals surface area (Å²) in [7, 11) is 1.81. The molecule has 294 valence electrons. The van der Waals surface area contributed by atoms with Gasteiger partial charge in [0.15, 0.2) is 5.78 Å². The Kier molecular flexibility index (Phi) is 14.8. The lowest BCUT2D eigenvalue weighted by Gasteiger charge is -2.32. The number of alkyl carbamates (subject to hydrolysis) is 1. The van der Waals surface area contributed by atoms with Crippen molar-refractivity contribution in [3.63, 3.8) is 0 Å². The van der Waals surface area contributed by atoms with Crippen molar-refractivity contribution in [1.82, 2.24) is 30.0 Å². The number of carbonyl (C=O) groups is 3. The molecule has 3 amide bonds. The molecule has 4 heterocycles. The second-order valence-corrected chi connectivity index (χ2v) is 16.9. The van der Waals surface area contributed by atoms with Crippen LogP contribution in [0.25, 0.3) is 0 Å². The minimum atomic E-state index is -0.525. The lowest BCUT2D eigenvalue weighted by Crippen LogP contribution is -2.48. The molecule has 0 unspecified atom stereocenters. The van der Waals surface area contributed by atoms with Gasteiger partial charge in [-0.05, 0) is 49.1 Å². The molecule has 4 atom stereocenters. The number of ketones is 1. The van der Waals surface area contributed by atoms with E-state index in [2.05, 4.69) is 53.3 Å². The molecule has 2 aliphatic heterocycles. The van der Waals surface area contributed by atoms with Gasteiger partial charge in [-0.3, -0.25) is 14.7 Å². The average molecular weight is 787 g/mol. The number of ether oxygens (including phenoxy) is 2. The normalized spacial score (nSPS) is 18.6. The van der Waals surface area contributed by atoms with E-state index in [1.54, 1.807) is 35.0 Å². The monoisotopic (exact) mass is 786 g/mol. The molecule has 2 fully saturated rings. The van der Waals surface area contributed by atoms with Crippen LogP contribution in [0.15, 0.2) is 77.8 Å². The van der Waals surface area contributed by atoms with E-state index in [9.17, 15) is 14.4 Å². The molecule has 2 aromatic carbocycles. The van der Waals surface area contributed by atoms with E-state index < -0.39 is 12.1 Å². The van der Waals surface area contributed by atoms with Crippen LogP contribution in [0.5, 0.6) is 0 Å². The standard InChI is InChI=1S/C42H54N6O5S2/c1-30(2)40-44-35(28-54-40)25-46(3)42(51)48-26-36(47-16-18-52-19-17-47)23-38(48)39(49)22-33(20-31-10-6-4-7-11-31)14-15-34(21-32-12-8-5-9-13-32)45-41(50)53-27-37-24-43-29-55-37/h4-13,24,28-30,33-34,36,38H,14-23,25-27H2,1-3H3,(H,45,50)/t33-,34-,36+,38-/m0/s1. The van der Waals surface area contributed by atoms with Crippen LogP contribution in [0.1, 0.15) is 72.2 Å². The Morgan fingerprint density at radius 1 is 0.982 bits per heavy atom. The third-order valence-electron chi connectivity index (χ3n) is 10.5. The largest absolute Gasteiger partial charge is 0.444 e. The lowest BCUT2D eigenvalue weighted by atomic mass is 9.86. The van der Waals surface area contributed by atoms with Crippen molar-refractivity contribution in [2.45, 2.75) is 89.6 Å². The summed E-state index contributed by atoms with van der Waals surface area (Å²) in [5, 5.41) is 6.20. The van der Waals surface area contributed by atoms with Gasteiger partial charge >= 0.3 is 12.1 Å². The van der Waals surface area contributed by atoms with Crippen LogP contribution in [0.4, 0.5) is 9.59 Å². The molecule has 55 heavy (non-hydrogen) atoms. The van der Waals surface area contributed by atoms with Crippen LogP contribution >= 0.6 is 22.7 Å². The molecule has 4 aromatic rings. The Morgan fingerprint density at radius 3 is 2.35 bits per heavy atom. The van der Waals surface area contributed by atoms with Crippen molar-refractivity contribution < 1.29 is 23.9 Å². The Labute approximate surface area is 333 Å². The van der Waals surface area contributed by atoms with Crippen molar-refractivity contribution in [2.75, 3.05) is 39.9 Å². The summed E-state index contributed by atoms with van der Waals surface area (Å²) in [4.78, 5) is 57.4. The van der Waals surface area contributed by atoms with E-state index in [1.165, 1.54) is 11.3 Å². The Bertz CT molecular complexity index is 1780. The predicted octanol–water partition coefficient (Wildman–Crippen LogP) is 7.19.